The smallest absolute Gasteiger partial charge is 0.338 e. The summed E-state index contributed by atoms with van der Waals surface area (Å²) in [5.41, 5.74) is 1.60. The molecular weight excluding hydrogens is 375 g/mol. The normalized spacial score (nSPS) is 12.9. The highest BCUT2D eigenvalue weighted by Crippen LogP contribution is 2.29. The van der Waals surface area contributed by atoms with E-state index in [9.17, 15) is 18.8 Å². The standard InChI is InChI=1S/C22H23FN2O4/c1-15(26)24-12-16-6-8-17(9-7-16)22(28)29-14-21(27)25(19-10-11-19)13-18-4-2-3-5-20(18)23/h2-9,19H,10-14H2,1H3,(H,24,26). The van der Waals surface area contributed by atoms with E-state index in [0.717, 1.165) is 18.4 Å². The van der Waals surface area contributed by atoms with Gasteiger partial charge in [-0.3, -0.25) is 9.59 Å². The molecule has 2 aromatic carbocycles. The largest absolute Gasteiger partial charge is 0.452 e. The van der Waals surface area contributed by atoms with Crippen molar-refractivity contribution in [2.75, 3.05) is 6.61 Å². The van der Waals surface area contributed by atoms with Gasteiger partial charge in [0.2, 0.25) is 5.91 Å². The van der Waals surface area contributed by atoms with Crippen LogP contribution in [0.3, 0.4) is 0 Å². The maximum atomic E-state index is 13.9. The van der Waals surface area contributed by atoms with Crippen molar-refractivity contribution in [3.63, 3.8) is 0 Å². The van der Waals surface area contributed by atoms with Crippen molar-refractivity contribution in [2.45, 2.75) is 38.9 Å². The first-order valence-corrected chi connectivity index (χ1v) is 9.47. The van der Waals surface area contributed by atoms with E-state index in [-0.39, 0.29) is 30.2 Å². The van der Waals surface area contributed by atoms with Crippen molar-refractivity contribution in [1.82, 2.24) is 10.2 Å². The summed E-state index contributed by atoms with van der Waals surface area (Å²) in [4.78, 5) is 37.3. The Kier molecular flexibility index (Phi) is 6.59. The Labute approximate surface area is 168 Å². The van der Waals surface area contributed by atoms with E-state index in [1.165, 1.54) is 13.0 Å². The number of halogens is 1. The van der Waals surface area contributed by atoms with Crippen LogP contribution in [0.15, 0.2) is 48.5 Å². The van der Waals surface area contributed by atoms with Gasteiger partial charge in [-0.05, 0) is 36.6 Å². The summed E-state index contributed by atoms with van der Waals surface area (Å²) in [7, 11) is 0. The summed E-state index contributed by atoms with van der Waals surface area (Å²) < 4.78 is 19.1. The van der Waals surface area contributed by atoms with Crippen molar-refractivity contribution in [2.24, 2.45) is 0 Å². The molecule has 6 nitrogen and oxygen atoms in total. The van der Waals surface area contributed by atoms with E-state index >= 15 is 0 Å². The van der Waals surface area contributed by atoms with Crippen molar-refractivity contribution in [3.05, 3.63) is 71.0 Å². The maximum Gasteiger partial charge on any atom is 0.338 e. The molecule has 29 heavy (non-hydrogen) atoms. The topological polar surface area (TPSA) is 75.7 Å². The number of amides is 2. The SMILES string of the molecule is CC(=O)NCc1ccc(C(=O)OCC(=O)N(Cc2ccccc2F)C2CC2)cc1. The lowest BCUT2D eigenvalue weighted by molar-refractivity contribution is -0.135. The van der Waals surface area contributed by atoms with Gasteiger partial charge in [0.25, 0.3) is 5.91 Å². The molecule has 1 saturated carbocycles. The van der Waals surface area contributed by atoms with Crippen LogP contribution in [0, 0.1) is 5.82 Å². The van der Waals surface area contributed by atoms with E-state index in [1.807, 2.05) is 0 Å². The minimum absolute atomic E-state index is 0.0638. The molecule has 7 heteroatoms. The highest BCUT2D eigenvalue weighted by atomic mass is 19.1. The maximum absolute atomic E-state index is 13.9. The van der Waals surface area contributed by atoms with Crippen LogP contribution in [0.1, 0.15) is 41.3 Å². The van der Waals surface area contributed by atoms with Crippen LogP contribution in [0.25, 0.3) is 0 Å². The van der Waals surface area contributed by atoms with Crippen LogP contribution in [-0.2, 0) is 27.4 Å². The quantitative estimate of drug-likeness (QED) is 0.694. The molecule has 1 aliphatic carbocycles. The zero-order valence-electron chi connectivity index (χ0n) is 16.2. The molecule has 1 aliphatic rings. The van der Waals surface area contributed by atoms with Gasteiger partial charge in [0.05, 0.1) is 5.56 Å². The first-order chi connectivity index (χ1) is 13.9. The third-order valence-electron chi connectivity index (χ3n) is 4.66. The average Bonchev–Trinajstić information content (AvgIpc) is 3.55. The number of hydrogen-bond acceptors (Lipinski definition) is 4. The summed E-state index contributed by atoms with van der Waals surface area (Å²) in [6.45, 7) is 1.57. The van der Waals surface area contributed by atoms with E-state index < -0.39 is 12.6 Å². The minimum atomic E-state index is -0.605. The van der Waals surface area contributed by atoms with Crippen molar-refractivity contribution < 1.29 is 23.5 Å². The number of nitrogens with one attached hydrogen (secondary N) is 1. The Morgan fingerprint density at radius 2 is 1.79 bits per heavy atom. The van der Waals surface area contributed by atoms with Gasteiger partial charge in [0.15, 0.2) is 6.61 Å². The van der Waals surface area contributed by atoms with E-state index in [4.69, 9.17) is 4.74 Å². The third-order valence-corrected chi connectivity index (χ3v) is 4.66. The second kappa shape index (κ2) is 9.32. The minimum Gasteiger partial charge on any atom is -0.452 e. The molecule has 0 unspecified atom stereocenters. The molecule has 1 N–H and O–H groups in total. The summed E-state index contributed by atoms with van der Waals surface area (Å²) in [5.74, 6) is -1.44. The highest BCUT2D eigenvalue weighted by Gasteiger charge is 2.33. The van der Waals surface area contributed by atoms with Crippen LogP contribution in [0.4, 0.5) is 4.39 Å². The number of carbonyl (C=O) groups excluding carboxylic acids is 3. The monoisotopic (exact) mass is 398 g/mol. The number of esters is 1. The Morgan fingerprint density at radius 1 is 1.10 bits per heavy atom. The molecule has 0 radical (unpaired) electrons. The van der Waals surface area contributed by atoms with E-state index in [0.29, 0.717) is 17.7 Å². The summed E-state index contributed by atoms with van der Waals surface area (Å²) in [5, 5.41) is 2.67. The summed E-state index contributed by atoms with van der Waals surface area (Å²) >= 11 is 0. The first kappa shape index (κ1) is 20.5. The zero-order chi connectivity index (χ0) is 20.8. The zero-order valence-corrected chi connectivity index (χ0v) is 16.2. The van der Waals surface area contributed by atoms with Gasteiger partial charge in [-0.15, -0.1) is 0 Å². The molecule has 0 spiro atoms. The fraction of sp³-hybridized carbons (Fsp3) is 0.318. The fourth-order valence-electron chi connectivity index (χ4n) is 2.90. The summed E-state index contributed by atoms with van der Waals surface area (Å²) in [6, 6.07) is 13.0. The number of hydrogen-bond donors (Lipinski definition) is 1. The van der Waals surface area contributed by atoms with Crippen LogP contribution < -0.4 is 5.32 Å². The van der Waals surface area contributed by atoms with Gasteiger partial charge in [0.1, 0.15) is 5.82 Å². The number of carbonyl (C=O) groups is 3. The molecular formula is C22H23FN2O4. The molecule has 0 aliphatic heterocycles. The number of nitrogens with zero attached hydrogens (tertiary/aromatic N) is 1. The molecule has 152 valence electrons. The van der Waals surface area contributed by atoms with Crippen molar-refractivity contribution >= 4 is 17.8 Å². The van der Waals surface area contributed by atoms with Gasteiger partial charge in [-0.1, -0.05) is 30.3 Å². The molecule has 1 fully saturated rings. The van der Waals surface area contributed by atoms with Gasteiger partial charge in [-0.2, -0.15) is 0 Å². The van der Waals surface area contributed by atoms with E-state index in [1.54, 1.807) is 47.4 Å². The predicted octanol–water partition coefficient (Wildman–Crippen LogP) is 2.81. The Morgan fingerprint density at radius 3 is 2.41 bits per heavy atom. The van der Waals surface area contributed by atoms with Crippen LogP contribution in [-0.4, -0.2) is 35.3 Å². The first-order valence-electron chi connectivity index (χ1n) is 9.47. The molecule has 0 heterocycles. The molecule has 2 aromatic rings. The molecule has 0 saturated heterocycles. The van der Waals surface area contributed by atoms with Crippen LogP contribution in [0.5, 0.6) is 0 Å². The van der Waals surface area contributed by atoms with Crippen LogP contribution in [0.2, 0.25) is 0 Å². The third kappa shape index (κ3) is 5.88. The Hall–Kier alpha value is -3.22. The lowest BCUT2D eigenvalue weighted by atomic mass is 10.1. The van der Waals surface area contributed by atoms with Crippen molar-refractivity contribution in [3.8, 4) is 0 Å². The second-order valence-corrected chi connectivity index (χ2v) is 7.03. The number of benzene rings is 2. The molecule has 0 aromatic heterocycles. The molecule has 2 amide bonds. The highest BCUT2D eigenvalue weighted by molar-refractivity contribution is 5.91. The van der Waals surface area contributed by atoms with Gasteiger partial charge < -0.3 is 15.0 Å². The van der Waals surface area contributed by atoms with Gasteiger partial charge >= 0.3 is 5.97 Å². The number of rotatable bonds is 8. The second-order valence-electron chi connectivity index (χ2n) is 7.03. The molecule has 0 bridgehead atoms. The fourth-order valence-corrected chi connectivity index (χ4v) is 2.90. The molecule has 3 rings (SSSR count). The lowest BCUT2D eigenvalue weighted by Crippen LogP contribution is -2.36. The van der Waals surface area contributed by atoms with Gasteiger partial charge in [-0.25, -0.2) is 9.18 Å². The predicted molar refractivity (Wildman–Crippen MR) is 104 cm³/mol. The Balaban J connectivity index is 1.55. The van der Waals surface area contributed by atoms with Crippen LogP contribution >= 0.6 is 0 Å². The molecule has 0 atom stereocenters. The number of ether oxygens (including phenoxy) is 1. The summed E-state index contributed by atoms with van der Waals surface area (Å²) in [6.07, 6.45) is 1.73. The average molecular weight is 398 g/mol. The van der Waals surface area contributed by atoms with E-state index in [2.05, 4.69) is 5.32 Å². The Bertz CT molecular complexity index is 894. The lowest BCUT2D eigenvalue weighted by Gasteiger charge is -2.22. The van der Waals surface area contributed by atoms with Crippen molar-refractivity contribution in [1.29, 1.82) is 0 Å². The van der Waals surface area contributed by atoms with Gasteiger partial charge in [0, 0.05) is 31.6 Å².